The van der Waals surface area contributed by atoms with Gasteiger partial charge in [0.05, 0.1) is 30.4 Å². The molecule has 7 nitrogen and oxygen atoms in total. The lowest BCUT2D eigenvalue weighted by Gasteiger charge is -2.19. The largest absolute Gasteiger partial charge is 0.493 e. The first-order chi connectivity index (χ1) is 14.0. The normalized spacial score (nSPS) is 14.2. The van der Waals surface area contributed by atoms with Crippen LogP contribution in [0.3, 0.4) is 0 Å². The van der Waals surface area contributed by atoms with Crippen LogP contribution in [-0.2, 0) is 20.1 Å². The molecule has 0 aliphatic carbocycles. The number of benzene rings is 1. The summed E-state index contributed by atoms with van der Waals surface area (Å²) in [6.07, 6.45) is 3.74. The van der Waals surface area contributed by atoms with Crippen molar-refractivity contribution >= 4 is 0 Å². The van der Waals surface area contributed by atoms with E-state index in [2.05, 4.69) is 28.0 Å². The van der Waals surface area contributed by atoms with Gasteiger partial charge in [-0.3, -0.25) is 14.6 Å². The van der Waals surface area contributed by atoms with Crippen molar-refractivity contribution in [1.82, 2.24) is 24.6 Å². The first-order valence-corrected chi connectivity index (χ1v) is 9.80. The van der Waals surface area contributed by atoms with Gasteiger partial charge in [-0.2, -0.15) is 5.10 Å². The molecule has 0 fully saturated rings. The summed E-state index contributed by atoms with van der Waals surface area (Å²) in [5.74, 6) is 1.56. The maximum atomic E-state index is 6.10. The van der Waals surface area contributed by atoms with Crippen LogP contribution >= 0.6 is 0 Å². The minimum Gasteiger partial charge on any atom is -0.493 e. The number of fused-ring (bicyclic) bond motifs is 1. The van der Waals surface area contributed by atoms with E-state index >= 15 is 0 Å². The molecule has 0 amide bonds. The summed E-state index contributed by atoms with van der Waals surface area (Å²) in [7, 11) is 3.65. The lowest BCUT2D eigenvalue weighted by atomic mass is 10.0. The van der Waals surface area contributed by atoms with Gasteiger partial charge in [0.15, 0.2) is 11.5 Å². The highest BCUT2D eigenvalue weighted by Crippen LogP contribution is 2.38. The SMILES string of the molecule is COc1cc(-c2nc(C)cnc2C)cc2c1OCCN(Cc1cnn(C)c1C)C2. The molecule has 4 rings (SSSR count). The fraction of sp³-hybridized carbons (Fsp3) is 0.409. The van der Waals surface area contributed by atoms with Crippen molar-refractivity contribution in [3.8, 4) is 22.8 Å². The molecule has 0 saturated heterocycles. The Morgan fingerprint density at radius 3 is 2.72 bits per heavy atom. The van der Waals surface area contributed by atoms with Crippen LogP contribution in [0.15, 0.2) is 24.5 Å². The first-order valence-electron chi connectivity index (χ1n) is 9.80. The highest BCUT2D eigenvalue weighted by molar-refractivity contribution is 5.68. The van der Waals surface area contributed by atoms with E-state index in [-0.39, 0.29) is 0 Å². The zero-order chi connectivity index (χ0) is 20.5. The Balaban J connectivity index is 1.71. The first kappa shape index (κ1) is 19.4. The van der Waals surface area contributed by atoms with Crippen molar-refractivity contribution < 1.29 is 9.47 Å². The summed E-state index contributed by atoms with van der Waals surface area (Å²) in [6.45, 7) is 9.09. The second-order valence-corrected chi connectivity index (χ2v) is 7.55. The van der Waals surface area contributed by atoms with Crippen molar-refractivity contribution in [1.29, 1.82) is 0 Å². The molecule has 0 saturated carbocycles. The third-order valence-electron chi connectivity index (χ3n) is 5.48. The highest BCUT2D eigenvalue weighted by Gasteiger charge is 2.22. The molecule has 152 valence electrons. The van der Waals surface area contributed by atoms with E-state index < -0.39 is 0 Å². The molecule has 0 bridgehead atoms. The van der Waals surface area contributed by atoms with Gasteiger partial charge < -0.3 is 9.47 Å². The van der Waals surface area contributed by atoms with Crippen LogP contribution in [0.4, 0.5) is 0 Å². The summed E-state index contributed by atoms with van der Waals surface area (Å²) in [5, 5.41) is 4.37. The zero-order valence-electron chi connectivity index (χ0n) is 17.7. The Bertz CT molecular complexity index is 1040. The lowest BCUT2D eigenvalue weighted by molar-refractivity contribution is 0.216. The highest BCUT2D eigenvalue weighted by atomic mass is 16.5. The van der Waals surface area contributed by atoms with E-state index in [9.17, 15) is 0 Å². The molecule has 0 N–H and O–H groups in total. The number of methoxy groups -OCH3 is 1. The Morgan fingerprint density at radius 1 is 1.17 bits per heavy atom. The zero-order valence-corrected chi connectivity index (χ0v) is 17.7. The van der Waals surface area contributed by atoms with Gasteiger partial charge >= 0.3 is 0 Å². The molecule has 0 atom stereocenters. The molecule has 3 heterocycles. The summed E-state index contributed by atoms with van der Waals surface area (Å²) in [6, 6.07) is 4.15. The van der Waals surface area contributed by atoms with Crippen LogP contribution in [0.2, 0.25) is 0 Å². The van der Waals surface area contributed by atoms with Crippen molar-refractivity contribution in [2.75, 3.05) is 20.3 Å². The molecule has 29 heavy (non-hydrogen) atoms. The van der Waals surface area contributed by atoms with E-state index in [0.717, 1.165) is 59.3 Å². The molecule has 1 aromatic carbocycles. The molecule has 0 spiro atoms. The summed E-state index contributed by atoms with van der Waals surface area (Å²) in [4.78, 5) is 11.6. The third-order valence-corrected chi connectivity index (χ3v) is 5.48. The summed E-state index contributed by atoms with van der Waals surface area (Å²) in [5.41, 5.74) is 7.19. The molecule has 2 aromatic heterocycles. The molecule has 1 aliphatic heterocycles. The van der Waals surface area contributed by atoms with Gasteiger partial charge in [-0.1, -0.05) is 0 Å². The molecule has 7 heteroatoms. The smallest absolute Gasteiger partial charge is 0.165 e. The number of aromatic nitrogens is 4. The van der Waals surface area contributed by atoms with Crippen molar-refractivity contribution in [2.24, 2.45) is 7.05 Å². The predicted octanol–water partition coefficient (Wildman–Crippen LogP) is 3.21. The van der Waals surface area contributed by atoms with Crippen molar-refractivity contribution in [3.63, 3.8) is 0 Å². The van der Waals surface area contributed by atoms with Crippen LogP contribution in [0, 0.1) is 20.8 Å². The standard InChI is InChI=1S/C22H27N5O2/c1-14-10-23-15(2)21(25-14)17-8-18-12-27(13-19-11-24-26(4)16(19)3)6-7-29-22(18)20(9-17)28-5/h8-11H,6-7,12-13H2,1-5H3. The van der Waals surface area contributed by atoms with Gasteiger partial charge in [-0.25, -0.2) is 4.98 Å². The Labute approximate surface area is 171 Å². The van der Waals surface area contributed by atoms with Crippen LogP contribution in [-0.4, -0.2) is 44.9 Å². The lowest BCUT2D eigenvalue weighted by Crippen LogP contribution is -2.25. The summed E-state index contributed by atoms with van der Waals surface area (Å²) >= 11 is 0. The van der Waals surface area contributed by atoms with Crippen LogP contribution in [0.1, 0.15) is 28.2 Å². The van der Waals surface area contributed by atoms with E-state index in [1.54, 1.807) is 13.3 Å². The number of hydrogen-bond donors (Lipinski definition) is 0. The van der Waals surface area contributed by atoms with Crippen LogP contribution in [0.25, 0.3) is 11.3 Å². The van der Waals surface area contributed by atoms with Crippen molar-refractivity contribution in [2.45, 2.75) is 33.9 Å². The molecule has 0 radical (unpaired) electrons. The molecule has 1 aliphatic rings. The van der Waals surface area contributed by atoms with Gasteiger partial charge in [0.25, 0.3) is 0 Å². The van der Waals surface area contributed by atoms with Crippen molar-refractivity contribution in [3.05, 3.63) is 52.7 Å². The van der Waals surface area contributed by atoms with Crippen LogP contribution in [0.5, 0.6) is 11.5 Å². The maximum Gasteiger partial charge on any atom is 0.165 e. The number of nitrogens with zero attached hydrogens (tertiary/aromatic N) is 5. The average Bonchev–Trinajstić information content (AvgIpc) is 2.91. The topological polar surface area (TPSA) is 65.3 Å². The maximum absolute atomic E-state index is 6.10. The minimum atomic E-state index is 0.616. The number of rotatable bonds is 4. The Hall–Kier alpha value is -2.93. The number of ether oxygens (including phenoxy) is 2. The van der Waals surface area contributed by atoms with Gasteiger partial charge in [0.1, 0.15) is 6.61 Å². The Kier molecular flexibility index (Phi) is 5.24. The number of hydrogen-bond acceptors (Lipinski definition) is 6. The van der Waals surface area contributed by atoms with Gasteiger partial charge in [-0.15, -0.1) is 0 Å². The number of aryl methyl sites for hydroxylation is 3. The average molecular weight is 393 g/mol. The van der Waals surface area contributed by atoms with Gasteiger partial charge in [-0.05, 0) is 32.9 Å². The van der Waals surface area contributed by atoms with Gasteiger partial charge in [0, 0.05) is 55.3 Å². The quantitative estimate of drug-likeness (QED) is 0.678. The molecule has 3 aromatic rings. The van der Waals surface area contributed by atoms with E-state index in [4.69, 9.17) is 14.5 Å². The Morgan fingerprint density at radius 2 is 2.00 bits per heavy atom. The fourth-order valence-electron chi connectivity index (χ4n) is 3.71. The monoisotopic (exact) mass is 393 g/mol. The van der Waals surface area contributed by atoms with E-state index in [1.807, 2.05) is 37.8 Å². The predicted molar refractivity (Wildman–Crippen MR) is 111 cm³/mol. The minimum absolute atomic E-state index is 0.616. The second-order valence-electron chi connectivity index (χ2n) is 7.55. The third kappa shape index (κ3) is 3.82. The van der Waals surface area contributed by atoms with E-state index in [0.29, 0.717) is 6.61 Å². The van der Waals surface area contributed by atoms with Gasteiger partial charge in [0.2, 0.25) is 0 Å². The van der Waals surface area contributed by atoms with E-state index in [1.165, 1.54) is 11.3 Å². The fourth-order valence-corrected chi connectivity index (χ4v) is 3.71. The molecular formula is C22H27N5O2. The second kappa shape index (κ2) is 7.83. The molecular weight excluding hydrogens is 366 g/mol. The molecule has 0 unspecified atom stereocenters. The van der Waals surface area contributed by atoms with Crippen LogP contribution < -0.4 is 9.47 Å². The summed E-state index contributed by atoms with van der Waals surface area (Å²) < 4.78 is 13.7.